The molecule has 146 valence electrons. The van der Waals surface area contributed by atoms with Gasteiger partial charge in [0.2, 0.25) is 0 Å². The van der Waals surface area contributed by atoms with Gasteiger partial charge in [-0.25, -0.2) is 8.42 Å². The summed E-state index contributed by atoms with van der Waals surface area (Å²) in [4.78, 5) is 19.4. The van der Waals surface area contributed by atoms with Crippen molar-refractivity contribution in [3.63, 3.8) is 0 Å². The van der Waals surface area contributed by atoms with E-state index in [1.807, 2.05) is 30.0 Å². The van der Waals surface area contributed by atoms with Gasteiger partial charge in [-0.3, -0.25) is 9.79 Å². The highest BCUT2D eigenvalue weighted by atomic mass is 32.2. The topological polar surface area (TPSA) is 78.8 Å². The number of carbonyl (C=O) groups is 1. The van der Waals surface area contributed by atoms with Crippen molar-refractivity contribution < 1.29 is 13.2 Å². The third kappa shape index (κ3) is 4.01. The number of amides is 1. The molecule has 1 amide bonds. The van der Waals surface area contributed by atoms with Crippen molar-refractivity contribution in [3.05, 3.63) is 29.3 Å². The number of rotatable bonds is 2. The number of benzene rings is 1. The first-order valence-electron chi connectivity index (χ1n) is 9.42. The summed E-state index contributed by atoms with van der Waals surface area (Å²) in [6, 6.07) is 5.58. The number of carbonyl (C=O) groups excluding carboxylic acids is 1. The number of amidine groups is 1. The fourth-order valence-electron chi connectivity index (χ4n) is 3.98. The van der Waals surface area contributed by atoms with Gasteiger partial charge in [-0.05, 0) is 43.4 Å². The quantitative estimate of drug-likeness (QED) is 0.815. The molecule has 0 aliphatic carbocycles. The molecule has 3 aliphatic heterocycles. The van der Waals surface area contributed by atoms with Gasteiger partial charge in [-0.1, -0.05) is 24.8 Å². The minimum Gasteiger partial charge on any atom is -0.338 e. The average molecular weight is 408 g/mol. The van der Waals surface area contributed by atoms with Crippen molar-refractivity contribution in [1.29, 1.82) is 0 Å². The molecule has 3 aliphatic rings. The lowest BCUT2D eigenvalue weighted by Crippen LogP contribution is -2.39. The van der Waals surface area contributed by atoms with Crippen LogP contribution in [0.4, 0.5) is 5.69 Å². The molecular weight excluding hydrogens is 382 g/mol. The van der Waals surface area contributed by atoms with Gasteiger partial charge in [0.1, 0.15) is 0 Å². The number of thioether (sulfide) groups is 1. The van der Waals surface area contributed by atoms with Crippen molar-refractivity contribution in [2.75, 3.05) is 29.9 Å². The predicted octanol–water partition coefficient (Wildman–Crippen LogP) is 2.55. The molecule has 2 fully saturated rings. The molecular formula is C19H25N3O3S2. The number of anilines is 1. The van der Waals surface area contributed by atoms with Gasteiger partial charge < -0.3 is 10.2 Å². The number of hydrogen-bond donors (Lipinski definition) is 1. The Morgan fingerprint density at radius 1 is 1.33 bits per heavy atom. The zero-order valence-electron chi connectivity index (χ0n) is 15.6. The maximum atomic E-state index is 12.9. The minimum absolute atomic E-state index is 0.0115. The van der Waals surface area contributed by atoms with Crippen LogP contribution in [-0.2, 0) is 9.84 Å². The summed E-state index contributed by atoms with van der Waals surface area (Å²) in [5.41, 5.74) is 2.58. The molecule has 3 unspecified atom stereocenters. The Kier molecular flexibility index (Phi) is 4.96. The van der Waals surface area contributed by atoms with Gasteiger partial charge in [0.05, 0.1) is 17.5 Å². The van der Waals surface area contributed by atoms with E-state index < -0.39 is 9.84 Å². The van der Waals surface area contributed by atoms with Gasteiger partial charge in [-0.2, -0.15) is 0 Å². The number of fused-ring (bicyclic) bond motifs is 1. The lowest BCUT2D eigenvalue weighted by atomic mass is 9.99. The highest BCUT2D eigenvalue weighted by molar-refractivity contribution is 8.15. The number of sulfone groups is 1. The fourth-order valence-corrected chi connectivity index (χ4v) is 7.65. The molecule has 1 N–H and O–H groups in total. The Hall–Kier alpha value is -1.54. The summed E-state index contributed by atoms with van der Waals surface area (Å²) in [5.74, 6) is 0.960. The summed E-state index contributed by atoms with van der Waals surface area (Å²) in [7, 11) is -2.95. The Labute approximate surface area is 164 Å². The SMILES string of the molecule is Cc1ccc(C(=O)N2CCCC(C)C2)cc1NC1=NC2CS(=O)(=O)CC2S1. The van der Waals surface area contributed by atoms with E-state index in [1.54, 1.807) is 0 Å². The van der Waals surface area contributed by atoms with E-state index in [-0.39, 0.29) is 28.7 Å². The molecule has 1 aromatic carbocycles. The second kappa shape index (κ2) is 7.13. The number of aryl methyl sites for hydroxylation is 1. The first-order valence-corrected chi connectivity index (χ1v) is 12.1. The Morgan fingerprint density at radius 2 is 2.15 bits per heavy atom. The fraction of sp³-hybridized carbons (Fsp3) is 0.579. The zero-order valence-corrected chi connectivity index (χ0v) is 17.3. The van der Waals surface area contributed by atoms with Crippen molar-refractivity contribution in [2.45, 2.75) is 38.0 Å². The van der Waals surface area contributed by atoms with Crippen molar-refractivity contribution >= 4 is 38.4 Å². The monoisotopic (exact) mass is 407 g/mol. The van der Waals surface area contributed by atoms with Crippen LogP contribution >= 0.6 is 11.8 Å². The van der Waals surface area contributed by atoms with Gasteiger partial charge in [-0.15, -0.1) is 0 Å². The molecule has 27 heavy (non-hydrogen) atoms. The number of nitrogens with one attached hydrogen (secondary N) is 1. The molecule has 8 heteroatoms. The lowest BCUT2D eigenvalue weighted by molar-refractivity contribution is 0.0683. The maximum Gasteiger partial charge on any atom is 0.253 e. The molecule has 0 saturated carbocycles. The zero-order chi connectivity index (χ0) is 19.2. The molecule has 1 aromatic rings. The Balaban J connectivity index is 1.49. The number of piperidine rings is 1. The standard InChI is InChI=1S/C19H25N3O3S2/c1-12-4-3-7-22(9-12)18(23)14-6-5-13(2)15(8-14)20-19-21-16-10-27(24,25)11-17(16)26-19/h5-6,8,12,16-17H,3-4,7,9-11H2,1-2H3,(H,20,21). The number of nitrogens with zero attached hydrogens (tertiary/aromatic N) is 2. The smallest absolute Gasteiger partial charge is 0.253 e. The molecule has 0 spiro atoms. The summed E-state index contributed by atoms with van der Waals surface area (Å²) in [6.45, 7) is 5.81. The van der Waals surface area contributed by atoms with Crippen LogP contribution in [0.25, 0.3) is 0 Å². The van der Waals surface area contributed by atoms with E-state index in [2.05, 4.69) is 17.2 Å². The minimum atomic E-state index is -2.95. The van der Waals surface area contributed by atoms with Gasteiger partial charge in [0.15, 0.2) is 15.0 Å². The molecule has 0 aromatic heterocycles. The maximum absolute atomic E-state index is 12.9. The molecule has 3 atom stereocenters. The van der Waals surface area contributed by atoms with Crippen LogP contribution in [0.15, 0.2) is 23.2 Å². The van der Waals surface area contributed by atoms with Crippen molar-refractivity contribution in [1.82, 2.24) is 4.90 Å². The first kappa shape index (κ1) is 18.8. The number of aliphatic imine (C=N–C) groups is 1. The summed E-state index contributed by atoms with van der Waals surface area (Å²) >= 11 is 1.49. The molecule has 0 bridgehead atoms. The van der Waals surface area contributed by atoms with Crippen molar-refractivity contribution in [3.8, 4) is 0 Å². The normalized spacial score (nSPS) is 29.3. The summed E-state index contributed by atoms with van der Waals surface area (Å²) in [5, 5.41) is 4.08. The highest BCUT2D eigenvalue weighted by Gasteiger charge is 2.42. The number of likely N-dealkylation sites (tertiary alicyclic amines) is 1. The van der Waals surface area contributed by atoms with Crippen molar-refractivity contribution in [2.24, 2.45) is 10.9 Å². The second-order valence-electron chi connectivity index (χ2n) is 7.89. The van der Waals surface area contributed by atoms with Crippen LogP contribution in [0.3, 0.4) is 0 Å². The van der Waals surface area contributed by atoms with Gasteiger partial charge >= 0.3 is 0 Å². The highest BCUT2D eigenvalue weighted by Crippen LogP contribution is 2.35. The van der Waals surface area contributed by atoms with Gasteiger partial charge in [0.25, 0.3) is 5.91 Å². The lowest BCUT2D eigenvalue weighted by Gasteiger charge is -2.31. The largest absolute Gasteiger partial charge is 0.338 e. The predicted molar refractivity (Wildman–Crippen MR) is 110 cm³/mol. The molecule has 6 nitrogen and oxygen atoms in total. The molecule has 3 heterocycles. The average Bonchev–Trinajstić information content (AvgIpc) is 3.08. The van der Waals surface area contributed by atoms with Crippen LogP contribution in [0.2, 0.25) is 0 Å². The van der Waals surface area contributed by atoms with Crippen LogP contribution in [-0.4, -0.2) is 60.3 Å². The van der Waals surface area contributed by atoms with E-state index in [0.29, 0.717) is 11.5 Å². The molecule has 4 rings (SSSR count). The van der Waals surface area contributed by atoms with Gasteiger partial charge in [0, 0.05) is 29.6 Å². The second-order valence-corrected chi connectivity index (χ2v) is 11.3. The van der Waals surface area contributed by atoms with Crippen LogP contribution in [0.5, 0.6) is 0 Å². The molecule has 2 saturated heterocycles. The van der Waals surface area contributed by atoms with Crippen LogP contribution in [0.1, 0.15) is 35.7 Å². The molecule has 0 radical (unpaired) electrons. The van der Waals surface area contributed by atoms with E-state index >= 15 is 0 Å². The third-order valence-electron chi connectivity index (χ3n) is 5.49. The first-order chi connectivity index (χ1) is 12.8. The Bertz CT molecular complexity index is 897. The Morgan fingerprint density at radius 3 is 2.89 bits per heavy atom. The van der Waals surface area contributed by atoms with E-state index in [1.165, 1.54) is 18.2 Å². The third-order valence-corrected chi connectivity index (χ3v) is 8.63. The van der Waals surface area contributed by atoms with E-state index in [9.17, 15) is 13.2 Å². The van der Waals surface area contributed by atoms with E-state index in [0.717, 1.165) is 35.9 Å². The summed E-state index contributed by atoms with van der Waals surface area (Å²) < 4.78 is 23.4. The van der Waals surface area contributed by atoms with Crippen LogP contribution < -0.4 is 5.32 Å². The van der Waals surface area contributed by atoms with Crippen LogP contribution in [0, 0.1) is 12.8 Å². The number of hydrogen-bond acceptors (Lipinski definition) is 6. The van der Waals surface area contributed by atoms with E-state index in [4.69, 9.17) is 0 Å². The summed E-state index contributed by atoms with van der Waals surface area (Å²) in [6.07, 6.45) is 2.24.